The van der Waals surface area contributed by atoms with Gasteiger partial charge in [-0.2, -0.15) is 0 Å². The molecule has 1 aromatic carbocycles. The number of hydrogen-bond acceptors (Lipinski definition) is 4. The highest BCUT2D eigenvalue weighted by Gasteiger charge is 2.34. The lowest BCUT2D eigenvalue weighted by Gasteiger charge is -2.19. The maximum absolute atomic E-state index is 5.38. The Kier molecular flexibility index (Phi) is 6.25. The van der Waals surface area contributed by atoms with Gasteiger partial charge in [0.05, 0.1) is 14.2 Å². The minimum absolute atomic E-state index is 0.439. The Morgan fingerprint density at radius 2 is 1.88 bits per heavy atom. The van der Waals surface area contributed by atoms with Gasteiger partial charge in [0.2, 0.25) is 0 Å². The number of rotatable bonds is 7. The SMILES string of the molecule is CCN=C(NC1CCN(Cc2cc(OC)cc(OC)c2)C1)NC1CC1C. The van der Waals surface area contributed by atoms with E-state index in [2.05, 4.69) is 46.5 Å². The van der Waals surface area contributed by atoms with Crippen molar-refractivity contribution in [2.45, 2.75) is 45.3 Å². The van der Waals surface area contributed by atoms with Crippen LogP contribution >= 0.6 is 0 Å². The normalized spacial score (nSPS) is 25.8. The van der Waals surface area contributed by atoms with Gasteiger partial charge in [-0.15, -0.1) is 0 Å². The first-order valence-electron chi connectivity index (χ1n) is 9.63. The molecular formula is C20H32N4O2. The van der Waals surface area contributed by atoms with E-state index < -0.39 is 0 Å². The molecule has 1 saturated heterocycles. The van der Waals surface area contributed by atoms with E-state index in [4.69, 9.17) is 9.47 Å². The summed E-state index contributed by atoms with van der Waals surface area (Å²) < 4.78 is 10.8. The number of nitrogens with zero attached hydrogens (tertiary/aromatic N) is 2. The molecule has 2 N–H and O–H groups in total. The number of aliphatic imine (C=N–C) groups is 1. The zero-order valence-corrected chi connectivity index (χ0v) is 16.4. The van der Waals surface area contributed by atoms with E-state index >= 15 is 0 Å². The van der Waals surface area contributed by atoms with Crippen LogP contribution < -0.4 is 20.1 Å². The number of likely N-dealkylation sites (tertiary alicyclic amines) is 1. The van der Waals surface area contributed by atoms with Crippen molar-refractivity contribution >= 4 is 5.96 Å². The number of hydrogen-bond donors (Lipinski definition) is 2. The van der Waals surface area contributed by atoms with Crippen molar-refractivity contribution in [1.29, 1.82) is 0 Å². The van der Waals surface area contributed by atoms with Gasteiger partial charge in [-0.1, -0.05) is 6.92 Å². The second-order valence-corrected chi connectivity index (χ2v) is 7.37. The highest BCUT2D eigenvalue weighted by molar-refractivity contribution is 5.80. The van der Waals surface area contributed by atoms with E-state index in [1.165, 1.54) is 12.0 Å². The van der Waals surface area contributed by atoms with E-state index in [0.717, 1.165) is 56.0 Å². The van der Waals surface area contributed by atoms with Crippen molar-refractivity contribution in [3.63, 3.8) is 0 Å². The molecule has 0 bridgehead atoms. The van der Waals surface area contributed by atoms with Crippen LogP contribution in [0.1, 0.15) is 32.3 Å². The average Bonchev–Trinajstić information content (AvgIpc) is 3.14. The first-order valence-corrected chi connectivity index (χ1v) is 9.63. The highest BCUT2D eigenvalue weighted by atomic mass is 16.5. The third kappa shape index (κ3) is 5.04. The van der Waals surface area contributed by atoms with Gasteiger partial charge in [-0.3, -0.25) is 9.89 Å². The van der Waals surface area contributed by atoms with E-state index in [-0.39, 0.29) is 0 Å². The molecule has 1 aromatic rings. The summed E-state index contributed by atoms with van der Waals surface area (Å²) in [5.41, 5.74) is 1.22. The number of benzene rings is 1. The lowest BCUT2D eigenvalue weighted by Crippen LogP contribution is -2.45. The van der Waals surface area contributed by atoms with Gasteiger partial charge in [0.25, 0.3) is 0 Å². The molecule has 3 unspecified atom stereocenters. The van der Waals surface area contributed by atoms with Gasteiger partial charge >= 0.3 is 0 Å². The maximum Gasteiger partial charge on any atom is 0.191 e. The molecule has 3 atom stereocenters. The molecule has 6 heteroatoms. The topological polar surface area (TPSA) is 58.1 Å². The molecular weight excluding hydrogens is 328 g/mol. The van der Waals surface area contributed by atoms with Crippen LogP contribution in [0.25, 0.3) is 0 Å². The van der Waals surface area contributed by atoms with E-state index in [1.54, 1.807) is 14.2 Å². The smallest absolute Gasteiger partial charge is 0.191 e. The summed E-state index contributed by atoms with van der Waals surface area (Å²) in [6.45, 7) is 8.16. The second kappa shape index (κ2) is 8.62. The first kappa shape index (κ1) is 18.8. The standard InChI is InChI=1S/C20H32N4O2/c1-5-21-20(23-19-8-14(19)2)22-16-6-7-24(13-16)12-15-9-17(25-3)11-18(10-15)26-4/h9-11,14,16,19H,5-8,12-13H2,1-4H3,(H2,21,22,23). The summed E-state index contributed by atoms with van der Waals surface area (Å²) in [5, 5.41) is 7.17. The van der Waals surface area contributed by atoms with Crippen LogP contribution in [0.5, 0.6) is 11.5 Å². The number of ether oxygens (including phenoxy) is 2. The molecule has 1 aliphatic heterocycles. The molecule has 3 rings (SSSR count). The van der Waals surface area contributed by atoms with E-state index in [9.17, 15) is 0 Å². The molecule has 1 saturated carbocycles. The van der Waals surface area contributed by atoms with Crippen LogP contribution in [0.2, 0.25) is 0 Å². The Hall–Kier alpha value is -1.95. The largest absolute Gasteiger partial charge is 0.497 e. The summed E-state index contributed by atoms with van der Waals surface area (Å²) in [6.07, 6.45) is 2.38. The first-order chi connectivity index (χ1) is 12.6. The van der Waals surface area contributed by atoms with Crippen LogP contribution in [-0.4, -0.2) is 56.8 Å². The monoisotopic (exact) mass is 360 g/mol. The Balaban J connectivity index is 1.54. The molecule has 6 nitrogen and oxygen atoms in total. The molecule has 144 valence electrons. The fraction of sp³-hybridized carbons (Fsp3) is 0.650. The molecule has 0 radical (unpaired) electrons. The van der Waals surface area contributed by atoms with Gasteiger partial charge < -0.3 is 20.1 Å². The third-order valence-corrected chi connectivity index (χ3v) is 5.18. The van der Waals surface area contributed by atoms with Gasteiger partial charge in [0.1, 0.15) is 11.5 Å². The van der Waals surface area contributed by atoms with E-state index in [0.29, 0.717) is 12.1 Å². The van der Waals surface area contributed by atoms with Crippen LogP contribution in [0.3, 0.4) is 0 Å². The van der Waals surface area contributed by atoms with Crippen LogP contribution in [-0.2, 0) is 6.54 Å². The third-order valence-electron chi connectivity index (χ3n) is 5.18. The lowest BCUT2D eigenvalue weighted by atomic mass is 10.2. The fourth-order valence-corrected chi connectivity index (χ4v) is 3.49. The Labute approximate surface area is 157 Å². The van der Waals surface area contributed by atoms with Gasteiger partial charge in [0.15, 0.2) is 5.96 Å². The number of methoxy groups -OCH3 is 2. The zero-order chi connectivity index (χ0) is 18.5. The summed E-state index contributed by atoms with van der Waals surface area (Å²) >= 11 is 0. The minimum atomic E-state index is 0.439. The van der Waals surface area contributed by atoms with Gasteiger partial charge in [-0.05, 0) is 43.4 Å². The maximum atomic E-state index is 5.38. The van der Waals surface area contributed by atoms with Crippen LogP contribution in [0.4, 0.5) is 0 Å². The van der Waals surface area contributed by atoms with Crippen LogP contribution in [0, 0.1) is 5.92 Å². The highest BCUT2D eigenvalue weighted by Crippen LogP contribution is 2.29. The Bertz CT molecular complexity index is 612. The average molecular weight is 361 g/mol. The van der Waals surface area contributed by atoms with Gasteiger partial charge in [0, 0.05) is 44.3 Å². The summed E-state index contributed by atoms with van der Waals surface area (Å²) in [6, 6.07) is 7.12. The summed E-state index contributed by atoms with van der Waals surface area (Å²) in [7, 11) is 3.38. The van der Waals surface area contributed by atoms with E-state index in [1.807, 2.05) is 6.07 Å². The number of guanidine groups is 1. The van der Waals surface area contributed by atoms with Crippen molar-refractivity contribution in [3.8, 4) is 11.5 Å². The number of nitrogens with one attached hydrogen (secondary N) is 2. The van der Waals surface area contributed by atoms with Crippen molar-refractivity contribution in [2.75, 3.05) is 33.9 Å². The summed E-state index contributed by atoms with van der Waals surface area (Å²) in [4.78, 5) is 7.07. The molecule has 1 aliphatic carbocycles. The Morgan fingerprint density at radius 3 is 2.46 bits per heavy atom. The molecule has 2 fully saturated rings. The molecule has 0 aromatic heterocycles. The van der Waals surface area contributed by atoms with Crippen LogP contribution in [0.15, 0.2) is 23.2 Å². The molecule has 26 heavy (non-hydrogen) atoms. The molecule has 0 amide bonds. The predicted molar refractivity (Wildman–Crippen MR) is 105 cm³/mol. The molecule has 2 aliphatic rings. The summed E-state index contributed by atoms with van der Waals surface area (Å²) in [5.74, 6) is 3.42. The second-order valence-electron chi connectivity index (χ2n) is 7.37. The minimum Gasteiger partial charge on any atom is -0.497 e. The lowest BCUT2D eigenvalue weighted by molar-refractivity contribution is 0.321. The predicted octanol–water partition coefficient (Wildman–Crippen LogP) is 2.24. The fourth-order valence-electron chi connectivity index (χ4n) is 3.49. The molecule has 0 spiro atoms. The van der Waals surface area contributed by atoms with Crippen molar-refractivity contribution in [1.82, 2.24) is 15.5 Å². The van der Waals surface area contributed by atoms with Crippen molar-refractivity contribution in [3.05, 3.63) is 23.8 Å². The van der Waals surface area contributed by atoms with Crippen molar-refractivity contribution < 1.29 is 9.47 Å². The Morgan fingerprint density at radius 1 is 1.19 bits per heavy atom. The molecule has 1 heterocycles. The zero-order valence-electron chi connectivity index (χ0n) is 16.4. The van der Waals surface area contributed by atoms with Gasteiger partial charge in [-0.25, -0.2) is 0 Å². The quantitative estimate of drug-likeness (QED) is 0.577. The van der Waals surface area contributed by atoms with Crippen molar-refractivity contribution in [2.24, 2.45) is 10.9 Å².